The predicted molar refractivity (Wildman–Crippen MR) is 113 cm³/mol. The van der Waals surface area contributed by atoms with Crippen molar-refractivity contribution in [1.82, 2.24) is 10.2 Å². The number of hydrogen-bond acceptors (Lipinski definition) is 7. The number of aryl methyl sites for hydroxylation is 1. The Hall–Kier alpha value is -2.64. The summed E-state index contributed by atoms with van der Waals surface area (Å²) in [5.74, 6) is 0.460. The van der Waals surface area contributed by atoms with Crippen LogP contribution in [0.25, 0.3) is 5.57 Å². The summed E-state index contributed by atoms with van der Waals surface area (Å²) in [7, 11) is 1.47. The first kappa shape index (κ1) is 22.1. The third-order valence-electron chi connectivity index (χ3n) is 4.95. The molecule has 0 saturated carbocycles. The maximum Gasteiger partial charge on any atom is 0.281 e. The number of benzene rings is 1. The van der Waals surface area contributed by atoms with E-state index >= 15 is 0 Å². The van der Waals surface area contributed by atoms with Crippen molar-refractivity contribution < 1.29 is 24.1 Å². The van der Waals surface area contributed by atoms with Gasteiger partial charge in [-0.2, -0.15) is 0 Å². The number of hydrogen-bond donors (Lipinski definition) is 1. The fourth-order valence-corrected chi connectivity index (χ4v) is 3.66. The first-order chi connectivity index (χ1) is 14.0. The first-order valence-electron chi connectivity index (χ1n) is 9.57. The summed E-state index contributed by atoms with van der Waals surface area (Å²) < 4.78 is 16.9. The number of rotatable bonds is 5. The Morgan fingerprint density at radius 3 is 2.47 bits per heavy atom. The van der Waals surface area contributed by atoms with Gasteiger partial charge >= 0.3 is 0 Å². The number of carbonyl (C=O) groups excluding carboxylic acids is 1. The van der Waals surface area contributed by atoms with Gasteiger partial charge in [0, 0.05) is 6.07 Å². The molecule has 0 atom stereocenters. The zero-order valence-electron chi connectivity index (χ0n) is 17.9. The number of methoxy groups -OCH3 is 1. The molecule has 0 unspecified atom stereocenters. The van der Waals surface area contributed by atoms with Gasteiger partial charge in [0.2, 0.25) is 0 Å². The van der Waals surface area contributed by atoms with Crippen molar-refractivity contribution in [3.63, 3.8) is 0 Å². The van der Waals surface area contributed by atoms with E-state index in [2.05, 4.69) is 10.2 Å². The van der Waals surface area contributed by atoms with Crippen LogP contribution in [0, 0.1) is 0 Å². The van der Waals surface area contributed by atoms with Crippen LogP contribution in [-0.4, -0.2) is 39.4 Å². The maximum atomic E-state index is 13.2. The fraction of sp³-hybridized carbons (Fsp3) is 0.409. The SMILES string of the molecule is CCc1ccc(Oc2nnc(Cl)cc2OC)cc1C1=C(O)C(C)(C)OC(C)(C)C1=O. The molecule has 0 amide bonds. The summed E-state index contributed by atoms with van der Waals surface area (Å²) >= 11 is 5.86. The highest BCUT2D eigenvalue weighted by Crippen LogP contribution is 2.42. The smallest absolute Gasteiger partial charge is 0.281 e. The molecule has 0 fully saturated rings. The quantitative estimate of drug-likeness (QED) is 0.716. The van der Waals surface area contributed by atoms with Crippen molar-refractivity contribution in [3.05, 3.63) is 46.3 Å². The van der Waals surface area contributed by atoms with Crippen LogP contribution in [0.4, 0.5) is 0 Å². The molecule has 1 aromatic carbocycles. The molecule has 0 saturated heterocycles. The Morgan fingerprint density at radius 1 is 1.13 bits per heavy atom. The third-order valence-corrected chi connectivity index (χ3v) is 5.14. The molecule has 1 N–H and O–H groups in total. The van der Waals surface area contributed by atoms with Crippen molar-refractivity contribution in [2.24, 2.45) is 0 Å². The zero-order chi connectivity index (χ0) is 22.3. The van der Waals surface area contributed by atoms with Gasteiger partial charge in [-0.3, -0.25) is 4.79 Å². The van der Waals surface area contributed by atoms with Gasteiger partial charge in [-0.15, -0.1) is 10.2 Å². The molecular formula is C22H25ClN2O5. The summed E-state index contributed by atoms with van der Waals surface area (Å²) in [5, 5.41) is 18.8. The van der Waals surface area contributed by atoms with E-state index in [1.165, 1.54) is 13.2 Å². The van der Waals surface area contributed by atoms with Crippen LogP contribution in [0.5, 0.6) is 17.4 Å². The van der Waals surface area contributed by atoms with Crippen molar-refractivity contribution >= 4 is 23.0 Å². The number of ether oxygens (including phenoxy) is 3. The number of aliphatic hydroxyl groups excluding tert-OH is 1. The second-order valence-corrected chi connectivity index (χ2v) is 8.38. The summed E-state index contributed by atoms with van der Waals surface area (Å²) in [6, 6.07) is 6.81. The van der Waals surface area contributed by atoms with Crippen molar-refractivity contribution in [2.45, 2.75) is 52.2 Å². The molecule has 0 radical (unpaired) electrons. The number of aliphatic hydroxyl groups is 1. The lowest BCUT2D eigenvalue weighted by atomic mass is 9.81. The Labute approximate surface area is 180 Å². The molecule has 1 aliphatic rings. The maximum absolute atomic E-state index is 13.2. The van der Waals surface area contributed by atoms with Gasteiger partial charge in [-0.1, -0.05) is 24.6 Å². The molecule has 7 nitrogen and oxygen atoms in total. The molecule has 160 valence electrons. The third kappa shape index (κ3) is 4.00. The number of ketones is 1. The lowest BCUT2D eigenvalue weighted by Crippen LogP contribution is -2.49. The van der Waals surface area contributed by atoms with E-state index in [0.717, 1.165) is 5.56 Å². The van der Waals surface area contributed by atoms with E-state index in [9.17, 15) is 9.90 Å². The monoisotopic (exact) mass is 432 g/mol. The Morgan fingerprint density at radius 2 is 1.83 bits per heavy atom. The number of Topliss-reactive ketones (excluding diaryl/α,β-unsaturated/α-hetero) is 1. The van der Waals surface area contributed by atoms with Crippen LogP contribution < -0.4 is 9.47 Å². The molecule has 0 aliphatic carbocycles. The van der Waals surface area contributed by atoms with Crippen molar-refractivity contribution in [3.8, 4) is 17.4 Å². The highest BCUT2D eigenvalue weighted by molar-refractivity contribution is 6.29. The second kappa shape index (κ2) is 7.89. The van der Waals surface area contributed by atoms with Crippen molar-refractivity contribution in [2.75, 3.05) is 7.11 Å². The van der Waals surface area contributed by atoms with Crippen LogP contribution in [0.1, 0.15) is 45.7 Å². The van der Waals surface area contributed by atoms with Gasteiger partial charge in [0.15, 0.2) is 16.7 Å². The van der Waals surface area contributed by atoms with Crippen LogP contribution in [0.2, 0.25) is 5.15 Å². The molecule has 3 rings (SSSR count). The average molecular weight is 433 g/mol. The molecule has 2 heterocycles. The molecule has 1 aromatic heterocycles. The van der Waals surface area contributed by atoms with Crippen LogP contribution in [0.3, 0.4) is 0 Å². The minimum Gasteiger partial charge on any atom is -0.508 e. The normalized spacial score (nSPS) is 17.8. The minimum absolute atomic E-state index is 0.109. The number of aromatic nitrogens is 2. The number of nitrogens with zero attached hydrogens (tertiary/aromatic N) is 2. The molecule has 1 aliphatic heterocycles. The summed E-state index contributed by atoms with van der Waals surface area (Å²) in [4.78, 5) is 13.2. The Kier molecular flexibility index (Phi) is 5.80. The van der Waals surface area contributed by atoms with Gasteiger partial charge in [0.1, 0.15) is 22.7 Å². The highest BCUT2D eigenvalue weighted by atomic mass is 35.5. The zero-order valence-corrected chi connectivity index (χ0v) is 18.6. The summed E-state index contributed by atoms with van der Waals surface area (Å²) in [6.45, 7) is 8.84. The Balaban J connectivity index is 2.13. The van der Waals surface area contributed by atoms with Crippen LogP contribution >= 0.6 is 11.6 Å². The Bertz CT molecular complexity index is 1030. The molecule has 0 spiro atoms. The predicted octanol–water partition coefficient (Wildman–Crippen LogP) is 4.92. The number of carbonyl (C=O) groups is 1. The molecular weight excluding hydrogens is 408 g/mol. The topological polar surface area (TPSA) is 90.8 Å². The largest absolute Gasteiger partial charge is 0.508 e. The van der Waals surface area contributed by atoms with Gasteiger partial charge in [0.05, 0.1) is 12.7 Å². The first-order valence-corrected chi connectivity index (χ1v) is 9.95. The van der Waals surface area contributed by atoms with Crippen LogP contribution in [-0.2, 0) is 16.0 Å². The van der Waals surface area contributed by atoms with E-state index in [0.29, 0.717) is 23.5 Å². The van der Waals surface area contributed by atoms with E-state index in [1.807, 2.05) is 13.0 Å². The molecule has 2 aromatic rings. The summed E-state index contributed by atoms with van der Waals surface area (Å²) in [5.41, 5.74) is -0.396. The lowest BCUT2D eigenvalue weighted by molar-refractivity contribution is -0.158. The van der Waals surface area contributed by atoms with Gasteiger partial charge in [-0.05, 0) is 57.4 Å². The van der Waals surface area contributed by atoms with Crippen LogP contribution in [0.15, 0.2) is 30.0 Å². The molecule has 8 heteroatoms. The summed E-state index contributed by atoms with van der Waals surface area (Å²) in [6.07, 6.45) is 0.658. The van der Waals surface area contributed by atoms with Gasteiger partial charge < -0.3 is 19.3 Å². The standard InChI is InChI=1S/C22H25ClN2O5/c1-7-12-8-9-13(29-20-15(28-6)11-16(23)24-25-20)10-14(12)17-18(26)21(2,3)30-22(4,5)19(17)27/h8-11,26H,7H2,1-6H3. The molecule has 30 heavy (non-hydrogen) atoms. The second-order valence-electron chi connectivity index (χ2n) is 7.99. The van der Waals surface area contributed by atoms with E-state index < -0.39 is 11.2 Å². The van der Waals surface area contributed by atoms with E-state index in [-0.39, 0.29) is 28.1 Å². The molecule has 0 bridgehead atoms. The average Bonchev–Trinajstić information content (AvgIpc) is 2.68. The fourth-order valence-electron chi connectivity index (χ4n) is 3.52. The van der Waals surface area contributed by atoms with Crippen molar-refractivity contribution in [1.29, 1.82) is 0 Å². The van der Waals surface area contributed by atoms with Gasteiger partial charge in [-0.25, -0.2) is 0 Å². The van der Waals surface area contributed by atoms with E-state index in [4.69, 9.17) is 25.8 Å². The van der Waals surface area contributed by atoms with Gasteiger partial charge in [0.25, 0.3) is 5.88 Å². The number of halogens is 1. The van der Waals surface area contributed by atoms with E-state index in [1.54, 1.807) is 39.8 Å². The highest BCUT2D eigenvalue weighted by Gasteiger charge is 2.47. The lowest BCUT2D eigenvalue weighted by Gasteiger charge is -2.40. The minimum atomic E-state index is -1.09.